The summed E-state index contributed by atoms with van der Waals surface area (Å²) in [5.41, 5.74) is 3.01. The van der Waals surface area contributed by atoms with Crippen LogP contribution in [0.3, 0.4) is 0 Å². The van der Waals surface area contributed by atoms with E-state index in [0.29, 0.717) is 11.7 Å². The molecule has 2 heterocycles. The smallest absolute Gasteiger partial charge is 0.222 e. The topological polar surface area (TPSA) is 79.9 Å². The average molecular weight is 326 g/mol. The lowest BCUT2D eigenvalue weighted by Gasteiger charge is -2.16. The van der Waals surface area contributed by atoms with E-state index in [9.17, 15) is 4.79 Å². The van der Waals surface area contributed by atoms with Crippen molar-refractivity contribution in [3.05, 3.63) is 42.4 Å². The van der Waals surface area contributed by atoms with Gasteiger partial charge in [-0.2, -0.15) is 5.10 Å². The number of hydrogen-bond acceptors (Lipinski definition) is 4. The first-order valence-corrected chi connectivity index (χ1v) is 8.12. The van der Waals surface area contributed by atoms with Gasteiger partial charge in [-0.25, -0.2) is 0 Å². The highest BCUT2D eigenvalue weighted by atomic mass is 16.5. The van der Waals surface area contributed by atoms with Crippen molar-refractivity contribution in [3.63, 3.8) is 0 Å². The summed E-state index contributed by atoms with van der Waals surface area (Å²) in [5.74, 6) is 1.59. The van der Waals surface area contributed by atoms with E-state index < -0.39 is 0 Å². The van der Waals surface area contributed by atoms with Crippen molar-refractivity contribution in [1.82, 2.24) is 15.2 Å². The van der Waals surface area contributed by atoms with Crippen molar-refractivity contribution in [3.8, 4) is 5.75 Å². The number of H-pyrrole nitrogens is 1. The summed E-state index contributed by atoms with van der Waals surface area (Å²) in [4.78, 5) is 15.2. The fourth-order valence-electron chi connectivity index (χ4n) is 3.13. The van der Waals surface area contributed by atoms with Crippen LogP contribution in [0.15, 0.2) is 31.1 Å². The number of aromatic amines is 1. The van der Waals surface area contributed by atoms with E-state index >= 15 is 0 Å². The molecule has 2 aromatic heterocycles. The van der Waals surface area contributed by atoms with Crippen LogP contribution in [-0.2, 0) is 4.79 Å². The largest absolute Gasteiger partial charge is 0.488 e. The Bertz CT molecular complexity index is 753. The number of amides is 1. The minimum absolute atomic E-state index is 0.121. The number of hydrogen-bond donors (Lipinski definition) is 2. The molecule has 2 N–H and O–H groups in total. The Kier molecular flexibility index (Phi) is 4.64. The van der Waals surface area contributed by atoms with Gasteiger partial charge in [-0.05, 0) is 37.8 Å². The third-order valence-electron chi connectivity index (χ3n) is 4.26. The summed E-state index contributed by atoms with van der Waals surface area (Å²) in [6.45, 7) is 7.43. The number of ether oxygens (including phenoxy) is 1. The maximum Gasteiger partial charge on any atom is 0.222 e. The Morgan fingerprint density at radius 2 is 2.25 bits per heavy atom. The van der Waals surface area contributed by atoms with E-state index in [0.717, 1.165) is 41.8 Å². The Morgan fingerprint density at radius 3 is 3.00 bits per heavy atom. The molecule has 0 unspecified atom stereocenters. The Labute approximate surface area is 141 Å². The zero-order valence-corrected chi connectivity index (χ0v) is 14.0. The van der Waals surface area contributed by atoms with Gasteiger partial charge in [0.1, 0.15) is 5.75 Å². The number of rotatable bonds is 5. The maximum atomic E-state index is 11.1. The highest BCUT2D eigenvalue weighted by Crippen LogP contribution is 2.37. The standard InChI is InChI=1S/C18H22N4O2/c1-11(2)15-6-7-19-10-17(15)24-14-5-4-13(8-14)16-9-18(22-21-16)20-12(3)23/h6-7,9-10,13-14H,1,4-5,8H2,2-3H3,(H2,20,21,22,23)/t13-,14+/m0/s1. The van der Waals surface area contributed by atoms with Crippen molar-refractivity contribution in [2.24, 2.45) is 0 Å². The molecule has 0 radical (unpaired) electrons. The van der Waals surface area contributed by atoms with Gasteiger partial charge in [-0.3, -0.25) is 14.9 Å². The molecule has 2 atom stereocenters. The molecule has 1 fully saturated rings. The minimum atomic E-state index is -0.121. The van der Waals surface area contributed by atoms with E-state index in [-0.39, 0.29) is 12.0 Å². The highest BCUT2D eigenvalue weighted by molar-refractivity contribution is 5.87. The van der Waals surface area contributed by atoms with Crippen LogP contribution in [0, 0.1) is 0 Å². The zero-order chi connectivity index (χ0) is 17.1. The second-order valence-electron chi connectivity index (χ2n) is 6.29. The number of aromatic nitrogens is 3. The lowest BCUT2D eigenvalue weighted by molar-refractivity contribution is -0.114. The second kappa shape index (κ2) is 6.86. The van der Waals surface area contributed by atoms with Gasteiger partial charge < -0.3 is 10.1 Å². The molecule has 2 aromatic rings. The van der Waals surface area contributed by atoms with Crippen LogP contribution in [0.5, 0.6) is 5.75 Å². The Morgan fingerprint density at radius 1 is 1.42 bits per heavy atom. The fourth-order valence-corrected chi connectivity index (χ4v) is 3.13. The van der Waals surface area contributed by atoms with Crippen LogP contribution in [-0.4, -0.2) is 27.2 Å². The molecule has 0 aromatic carbocycles. The van der Waals surface area contributed by atoms with Crippen LogP contribution in [0.1, 0.15) is 50.3 Å². The number of nitrogens with zero attached hydrogens (tertiary/aromatic N) is 2. The van der Waals surface area contributed by atoms with Crippen molar-refractivity contribution >= 4 is 17.3 Å². The number of carbonyl (C=O) groups excluding carboxylic acids is 1. The van der Waals surface area contributed by atoms with Crippen molar-refractivity contribution in [1.29, 1.82) is 0 Å². The Balaban J connectivity index is 1.65. The zero-order valence-electron chi connectivity index (χ0n) is 14.0. The number of pyridine rings is 1. The molecule has 0 bridgehead atoms. The summed E-state index contributed by atoms with van der Waals surface area (Å²) < 4.78 is 6.16. The molecule has 0 spiro atoms. The van der Waals surface area contributed by atoms with Crippen LogP contribution >= 0.6 is 0 Å². The van der Waals surface area contributed by atoms with Crippen molar-refractivity contribution in [2.75, 3.05) is 5.32 Å². The van der Waals surface area contributed by atoms with Gasteiger partial charge in [-0.15, -0.1) is 0 Å². The first-order chi connectivity index (χ1) is 11.5. The van der Waals surface area contributed by atoms with Crippen LogP contribution in [0.4, 0.5) is 5.82 Å². The molecular weight excluding hydrogens is 304 g/mol. The number of allylic oxidation sites excluding steroid dienone is 1. The average Bonchev–Trinajstić information content (AvgIpc) is 3.16. The monoisotopic (exact) mass is 326 g/mol. The third-order valence-corrected chi connectivity index (χ3v) is 4.26. The number of nitrogens with one attached hydrogen (secondary N) is 2. The van der Waals surface area contributed by atoms with Crippen molar-refractivity contribution in [2.45, 2.75) is 45.1 Å². The maximum absolute atomic E-state index is 11.1. The first-order valence-electron chi connectivity index (χ1n) is 8.12. The molecule has 0 aliphatic heterocycles. The molecule has 1 saturated carbocycles. The van der Waals surface area contributed by atoms with Crippen LogP contribution in [0.25, 0.3) is 5.57 Å². The third kappa shape index (κ3) is 3.64. The molecule has 1 aliphatic rings. The van der Waals surface area contributed by atoms with Gasteiger partial charge in [0.25, 0.3) is 0 Å². The van der Waals surface area contributed by atoms with Gasteiger partial charge in [0.15, 0.2) is 5.82 Å². The normalized spacial score (nSPS) is 19.9. The van der Waals surface area contributed by atoms with E-state index in [1.807, 2.05) is 19.1 Å². The lowest BCUT2D eigenvalue weighted by Crippen LogP contribution is -2.13. The quantitative estimate of drug-likeness (QED) is 0.881. The minimum Gasteiger partial charge on any atom is -0.488 e. The van der Waals surface area contributed by atoms with Crippen LogP contribution in [0.2, 0.25) is 0 Å². The summed E-state index contributed by atoms with van der Waals surface area (Å²) in [7, 11) is 0. The Hall–Kier alpha value is -2.63. The molecule has 24 heavy (non-hydrogen) atoms. The van der Waals surface area contributed by atoms with E-state index in [4.69, 9.17) is 4.74 Å². The van der Waals surface area contributed by atoms with Gasteiger partial charge in [0, 0.05) is 36.4 Å². The molecule has 0 saturated heterocycles. The summed E-state index contributed by atoms with van der Waals surface area (Å²) in [5, 5.41) is 9.84. The van der Waals surface area contributed by atoms with Crippen molar-refractivity contribution < 1.29 is 9.53 Å². The SMILES string of the molecule is C=C(C)c1ccncc1O[C@@H]1CC[C@H](c2cc(NC(C)=O)n[nH]2)C1. The van der Waals surface area contributed by atoms with Gasteiger partial charge >= 0.3 is 0 Å². The highest BCUT2D eigenvalue weighted by Gasteiger charge is 2.29. The predicted molar refractivity (Wildman–Crippen MR) is 92.8 cm³/mol. The van der Waals surface area contributed by atoms with Gasteiger partial charge in [0.2, 0.25) is 5.91 Å². The first kappa shape index (κ1) is 16.2. The number of anilines is 1. The van der Waals surface area contributed by atoms with Crippen LogP contribution < -0.4 is 10.1 Å². The molecule has 6 heteroatoms. The molecule has 6 nitrogen and oxygen atoms in total. The van der Waals surface area contributed by atoms with E-state index in [1.54, 1.807) is 12.4 Å². The van der Waals surface area contributed by atoms with E-state index in [1.165, 1.54) is 6.92 Å². The molecule has 3 rings (SSSR count). The summed E-state index contributed by atoms with van der Waals surface area (Å²) >= 11 is 0. The molecule has 1 amide bonds. The number of carbonyl (C=O) groups is 1. The molecular formula is C18H22N4O2. The lowest BCUT2D eigenvalue weighted by atomic mass is 10.0. The summed E-state index contributed by atoms with van der Waals surface area (Å²) in [6.07, 6.45) is 6.56. The second-order valence-corrected chi connectivity index (χ2v) is 6.29. The van der Waals surface area contributed by atoms with Gasteiger partial charge in [-0.1, -0.05) is 6.58 Å². The van der Waals surface area contributed by atoms with E-state index in [2.05, 4.69) is 27.1 Å². The molecule has 126 valence electrons. The van der Waals surface area contributed by atoms with Gasteiger partial charge in [0.05, 0.1) is 12.3 Å². The fraction of sp³-hybridized carbons (Fsp3) is 0.389. The molecule has 1 aliphatic carbocycles. The summed E-state index contributed by atoms with van der Waals surface area (Å²) in [6, 6.07) is 3.83. The predicted octanol–water partition coefficient (Wildman–Crippen LogP) is 3.51.